The van der Waals surface area contributed by atoms with Crippen LogP contribution in [0, 0.1) is 0 Å². The SMILES string of the molecule is COc1ccc(NC(=O)Cc2ccc(N)c(O)c2)cc1. The van der Waals surface area contributed by atoms with Crippen molar-refractivity contribution in [3.8, 4) is 11.5 Å². The number of nitrogens with one attached hydrogen (secondary N) is 1. The van der Waals surface area contributed by atoms with E-state index in [1.54, 1.807) is 43.5 Å². The van der Waals surface area contributed by atoms with E-state index >= 15 is 0 Å². The number of phenolic OH excluding ortho intramolecular Hbond substituents is 1. The summed E-state index contributed by atoms with van der Waals surface area (Å²) in [5.74, 6) is 0.547. The molecule has 5 nitrogen and oxygen atoms in total. The van der Waals surface area contributed by atoms with Gasteiger partial charge in [-0.25, -0.2) is 0 Å². The number of nitrogen functional groups attached to an aromatic ring is 1. The number of hydrogen-bond acceptors (Lipinski definition) is 4. The zero-order valence-corrected chi connectivity index (χ0v) is 11.1. The lowest BCUT2D eigenvalue weighted by Gasteiger charge is -2.07. The summed E-state index contributed by atoms with van der Waals surface area (Å²) in [6.45, 7) is 0. The topological polar surface area (TPSA) is 84.6 Å². The van der Waals surface area contributed by atoms with Gasteiger partial charge in [-0.05, 0) is 42.0 Å². The van der Waals surface area contributed by atoms with Crippen molar-refractivity contribution in [1.29, 1.82) is 0 Å². The van der Waals surface area contributed by atoms with Crippen LogP contribution in [-0.2, 0) is 11.2 Å². The molecule has 0 bridgehead atoms. The fourth-order valence-corrected chi connectivity index (χ4v) is 1.76. The monoisotopic (exact) mass is 272 g/mol. The van der Waals surface area contributed by atoms with Crippen LogP contribution in [0.15, 0.2) is 42.5 Å². The molecule has 2 rings (SSSR count). The third kappa shape index (κ3) is 3.41. The molecule has 0 saturated heterocycles. The zero-order chi connectivity index (χ0) is 14.5. The average molecular weight is 272 g/mol. The van der Waals surface area contributed by atoms with Crippen LogP contribution >= 0.6 is 0 Å². The molecule has 0 saturated carbocycles. The van der Waals surface area contributed by atoms with Crippen LogP contribution in [0.2, 0.25) is 0 Å². The Kier molecular flexibility index (Phi) is 4.10. The van der Waals surface area contributed by atoms with E-state index in [0.717, 1.165) is 5.75 Å². The molecule has 0 spiro atoms. The molecule has 0 radical (unpaired) electrons. The fraction of sp³-hybridized carbons (Fsp3) is 0.133. The van der Waals surface area contributed by atoms with Crippen molar-refractivity contribution in [2.75, 3.05) is 18.2 Å². The molecule has 104 valence electrons. The van der Waals surface area contributed by atoms with Gasteiger partial charge < -0.3 is 20.9 Å². The van der Waals surface area contributed by atoms with Crippen molar-refractivity contribution >= 4 is 17.3 Å². The van der Waals surface area contributed by atoms with Crippen LogP contribution in [0.25, 0.3) is 0 Å². The number of phenols is 1. The molecule has 20 heavy (non-hydrogen) atoms. The van der Waals surface area contributed by atoms with Gasteiger partial charge in [0.1, 0.15) is 11.5 Å². The third-order valence-corrected chi connectivity index (χ3v) is 2.83. The maximum absolute atomic E-state index is 11.9. The van der Waals surface area contributed by atoms with Gasteiger partial charge >= 0.3 is 0 Å². The zero-order valence-electron chi connectivity index (χ0n) is 11.1. The highest BCUT2D eigenvalue weighted by Gasteiger charge is 2.06. The number of anilines is 2. The molecular formula is C15H16N2O3. The van der Waals surface area contributed by atoms with Gasteiger partial charge in [0.15, 0.2) is 0 Å². The first-order chi connectivity index (χ1) is 9.58. The van der Waals surface area contributed by atoms with E-state index in [2.05, 4.69) is 5.32 Å². The van der Waals surface area contributed by atoms with Gasteiger partial charge in [0.2, 0.25) is 5.91 Å². The van der Waals surface area contributed by atoms with Crippen molar-refractivity contribution in [3.05, 3.63) is 48.0 Å². The lowest BCUT2D eigenvalue weighted by atomic mass is 10.1. The lowest BCUT2D eigenvalue weighted by Crippen LogP contribution is -2.14. The van der Waals surface area contributed by atoms with Gasteiger partial charge in [-0.2, -0.15) is 0 Å². The molecule has 0 aliphatic rings. The normalized spacial score (nSPS) is 10.1. The number of benzene rings is 2. The molecule has 0 heterocycles. The summed E-state index contributed by atoms with van der Waals surface area (Å²) in [5.41, 5.74) is 7.19. The van der Waals surface area contributed by atoms with Crippen LogP contribution in [0.5, 0.6) is 11.5 Å². The second-order valence-electron chi connectivity index (χ2n) is 4.35. The minimum Gasteiger partial charge on any atom is -0.506 e. The first-order valence-corrected chi connectivity index (χ1v) is 6.10. The molecule has 5 heteroatoms. The maximum atomic E-state index is 11.9. The largest absolute Gasteiger partial charge is 0.506 e. The quantitative estimate of drug-likeness (QED) is 0.588. The summed E-state index contributed by atoms with van der Waals surface area (Å²) in [6.07, 6.45) is 0.167. The van der Waals surface area contributed by atoms with Gasteiger partial charge in [-0.1, -0.05) is 6.07 Å². The van der Waals surface area contributed by atoms with Crippen LogP contribution in [0.3, 0.4) is 0 Å². The number of amides is 1. The molecule has 0 fully saturated rings. The van der Waals surface area contributed by atoms with E-state index in [1.807, 2.05) is 0 Å². The Morgan fingerprint density at radius 1 is 1.25 bits per heavy atom. The number of carbonyl (C=O) groups is 1. The molecule has 0 atom stereocenters. The van der Waals surface area contributed by atoms with Gasteiger partial charge in [-0.15, -0.1) is 0 Å². The van der Waals surface area contributed by atoms with Crippen molar-refractivity contribution < 1.29 is 14.6 Å². The Balaban J connectivity index is 1.99. The first-order valence-electron chi connectivity index (χ1n) is 6.10. The fourth-order valence-electron chi connectivity index (χ4n) is 1.76. The molecule has 4 N–H and O–H groups in total. The number of nitrogens with two attached hydrogens (primary N) is 1. The molecule has 0 aromatic heterocycles. The van der Waals surface area contributed by atoms with E-state index in [1.165, 1.54) is 6.07 Å². The summed E-state index contributed by atoms with van der Waals surface area (Å²) in [6, 6.07) is 11.8. The minimum absolute atomic E-state index is 0.0141. The maximum Gasteiger partial charge on any atom is 0.228 e. The lowest BCUT2D eigenvalue weighted by molar-refractivity contribution is -0.115. The number of ether oxygens (including phenoxy) is 1. The number of rotatable bonds is 4. The second kappa shape index (κ2) is 5.97. The molecule has 0 unspecified atom stereocenters. The van der Waals surface area contributed by atoms with Crippen molar-refractivity contribution in [2.45, 2.75) is 6.42 Å². The van der Waals surface area contributed by atoms with Crippen molar-refractivity contribution in [2.24, 2.45) is 0 Å². The van der Waals surface area contributed by atoms with E-state index in [4.69, 9.17) is 10.5 Å². The van der Waals surface area contributed by atoms with Crippen LogP contribution in [0.1, 0.15) is 5.56 Å². The molecular weight excluding hydrogens is 256 g/mol. The Morgan fingerprint density at radius 2 is 1.95 bits per heavy atom. The van der Waals surface area contributed by atoms with Crippen molar-refractivity contribution in [3.63, 3.8) is 0 Å². The molecule has 1 amide bonds. The predicted molar refractivity (Wildman–Crippen MR) is 77.8 cm³/mol. The molecule has 2 aromatic carbocycles. The van der Waals surface area contributed by atoms with E-state index in [-0.39, 0.29) is 18.1 Å². The molecule has 0 aliphatic carbocycles. The summed E-state index contributed by atoms with van der Waals surface area (Å²) in [7, 11) is 1.58. The summed E-state index contributed by atoms with van der Waals surface area (Å²) in [4.78, 5) is 11.9. The predicted octanol–water partition coefficient (Wildman–Crippen LogP) is 2.16. The van der Waals surface area contributed by atoms with Gasteiger partial charge in [0, 0.05) is 5.69 Å². The number of aromatic hydroxyl groups is 1. The Hall–Kier alpha value is -2.69. The third-order valence-electron chi connectivity index (χ3n) is 2.83. The molecule has 2 aromatic rings. The highest BCUT2D eigenvalue weighted by atomic mass is 16.5. The van der Waals surface area contributed by atoms with Crippen LogP contribution in [-0.4, -0.2) is 18.1 Å². The van der Waals surface area contributed by atoms with Gasteiger partial charge in [0.05, 0.1) is 19.2 Å². The number of carbonyl (C=O) groups excluding carboxylic acids is 1. The second-order valence-corrected chi connectivity index (χ2v) is 4.35. The smallest absolute Gasteiger partial charge is 0.228 e. The Morgan fingerprint density at radius 3 is 2.55 bits per heavy atom. The van der Waals surface area contributed by atoms with Crippen LogP contribution in [0.4, 0.5) is 11.4 Å². The standard InChI is InChI=1S/C15H16N2O3/c1-20-12-5-3-11(4-6-12)17-15(19)9-10-2-7-13(16)14(18)8-10/h2-8,18H,9,16H2,1H3,(H,17,19). The average Bonchev–Trinajstić information content (AvgIpc) is 2.44. The van der Waals surface area contributed by atoms with Gasteiger partial charge in [-0.3, -0.25) is 4.79 Å². The number of methoxy groups -OCH3 is 1. The van der Waals surface area contributed by atoms with Crippen LogP contribution < -0.4 is 15.8 Å². The first kappa shape index (κ1) is 13.7. The highest BCUT2D eigenvalue weighted by molar-refractivity contribution is 5.92. The van der Waals surface area contributed by atoms with Crippen molar-refractivity contribution in [1.82, 2.24) is 0 Å². The van der Waals surface area contributed by atoms with E-state index < -0.39 is 0 Å². The number of hydrogen-bond donors (Lipinski definition) is 3. The Labute approximate surface area is 117 Å². The molecule has 0 aliphatic heterocycles. The summed E-state index contributed by atoms with van der Waals surface area (Å²) >= 11 is 0. The van der Waals surface area contributed by atoms with Gasteiger partial charge in [0.25, 0.3) is 0 Å². The Bertz CT molecular complexity index is 609. The highest BCUT2D eigenvalue weighted by Crippen LogP contribution is 2.21. The summed E-state index contributed by atoms with van der Waals surface area (Å²) in [5, 5.41) is 12.3. The summed E-state index contributed by atoms with van der Waals surface area (Å²) < 4.78 is 5.04. The minimum atomic E-state index is -0.167. The van der Waals surface area contributed by atoms with E-state index in [0.29, 0.717) is 16.9 Å². The van der Waals surface area contributed by atoms with E-state index in [9.17, 15) is 9.90 Å².